The molecule has 1 aliphatic rings. The third kappa shape index (κ3) is 6.50. The molecule has 1 aliphatic heterocycles. The molecule has 0 aliphatic carbocycles. The lowest BCUT2D eigenvalue weighted by Gasteiger charge is -2.45. The fourth-order valence-corrected chi connectivity index (χ4v) is 11.0. The third-order valence-electron chi connectivity index (χ3n) is 8.54. The predicted octanol–water partition coefficient (Wildman–Crippen LogP) is 7.14. The van der Waals surface area contributed by atoms with Crippen molar-refractivity contribution >= 4 is 47.9 Å². The number of aromatic nitrogens is 2. The Morgan fingerprint density at radius 3 is 1.98 bits per heavy atom. The van der Waals surface area contributed by atoms with Crippen LogP contribution < -0.4 is 30.2 Å². The van der Waals surface area contributed by atoms with Gasteiger partial charge in [0.15, 0.2) is 0 Å². The second-order valence-corrected chi connectivity index (χ2v) is 17.1. The van der Waals surface area contributed by atoms with Crippen LogP contribution in [0.3, 0.4) is 0 Å². The van der Waals surface area contributed by atoms with E-state index in [1.165, 1.54) is 10.4 Å². The molecular weight excluding hydrogens is 603 g/mol. The second kappa shape index (κ2) is 13.4. The number of amides is 2. The third-order valence-corrected chi connectivity index (χ3v) is 13.7. The fraction of sp³-hybridized carbons (Fsp3) is 0.237. The van der Waals surface area contributed by atoms with Crippen molar-refractivity contribution in [3.63, 3.8) is 0 Å². The molecule has 47 heavy (non-hydrogen) atoms. The normalized spacial score (nSPS) is 14.0. The maximum absolute atomic E-state index is 14.4. The first-order valence-corrected chi connectivity index (χ1v) is 17.8. The van der Waals surface area contributed by atoms with Crippen molar-refractivity contribution in [1.29, 1.82) is 0 Å². The van der Waals surface area contributed by atoms with Crippen LogP contribution in [-0.4, -0.2) is 44.1 Å². The predicted molar refractivity (Wildman–Crippen MR) is 192 cm³/mol. The molecular formula is C38H41N5O3Si. The highest BCUT2D eigenvalue weighted by Gasteiger charge is 2.51. The maximum atomic E-state index is 14.4. The van der Waals surface area contributed by atoms with E-state index in [0.29, 0.717) is 24.9 Å². The van der Waals surface area contributed by atoms with Gasteiger partial charge in [0.25, 0.3) is 8.32 Å². The average Bonchev–Trinajstić information content (AvgIpc) is 3.09. The standard InChI is InChI=1S/C38H41N5O3Si/c1-28(46-47(38(2,3)4,33-17-11-7-12-18-33)34-19-13-8-14-20-34)26-43-35-29(25-39-36(41-35)40-30-15-9-6-10-16-30)27-42(37(43)44)31-21-23-32(45-5)24-22-31/h6-25,28H,26-27H2,1-5H3,(H,39,40,41)/t28-/m1/s1. The summed E-state index contributed by atoms with van der Waals surface area (Å²) in [6, 6.07) is 38.2. The summed E-state index contributed by atoms with van der Waals surface area (Å²) >= 11 is 0. The molecule has 0 saturated carbocycles. The Labute approximate surface area is 278 Å². The number of carbonyl (C=O) groups excluding carboxylic acids is 1. The summed E-state index contributed by atoms with van der Waals surface area (Å²) in [5.41, 5.74) is 2.47. The first-order valence-electron chi connectivity index (χ1n) is 15.9. The lowest BCUT2D eigenvalue weighted by atomic mass is 10.1. The van der Waals surface area contributed by atoms with E-state index >= 15 is 0 Å². The molecule has 4 aromatic carbocycles. The van der Waals surface area contributed by atoms with Gasteiger partial charge in [-0.25, -0.2) is 9.78 Å². The minimum Gasteiger partial charge on any atom is -0.497 e. The number of anilines is 4. The lowest BCUT2D eigenvalue weighted by Crippen LogP contribution is -2.68. The van der Waals surface area contributed by atoms with Crippen LogP contribution in [0, 0.1) is 0 Å². The van der Waals surface area contributed by atoms with E-state index in [9.17, 15) is 4.79 Å². The molecule has 0 radical (unpaired) electrons. The van der Waals surface area contributed by atoms with Crippen LogP contribution in [0.25, 0.3) is 0 Å². The summed E-state index contributed by atoms with van der Waals surface area (Å²) in [5.74, 6) is 1.72. The van der Waals surface area contributed by atoms with Gasteiger partial charge in [-0.05, 0) is 58.7 Å². The van der Waals surface area contributed by atoms with Crippen LogP contribution >= 0.6 is 0 Å². The molecule has 0 fully saturated rings. The molecule has 0 unspecified atom stereocenters. The largest absolute Gasteiger partial charge is 0.497 e. The Kier molecular flexibility index (Phi) is 9.11. The highest BCUT2D eigenvalue weighted by molar-refractivity contribution is 6.99. The van der Waals surface area contributed by atoms with E-state index in [0.717, 1.165) is 22.7 Å². The van der Waals surface area contributed by atoms with Crippen molar-refractivity contribution in [2.45, 2.75) is 45.4 Å². The summed E-state index contributed by atoms with van der Waals surface area (Å²) in [5, 5.41) is 5.45. The van der Waals surface area contributed by atoms with Gasteiger partial charge in [0.1, 0.15) is 11.6 Å². The van der Waals surface area contributed by atoms with Crippen LogP contribution in [0.15, 0.2) is 121 Å². The van der Waals surface area contributed by atoms with Gasteiger partial charge in [0, 0.05) is 23.1 Å². The SMILES string of the molecule is COc1ccc(N2Cc3cnc(Nc4ccccc4)nc3N(C[C@@H](C)O[Si](c3ccccc3)(c3ccccc3)C(C)(C)C)C2=O)cc1. The van der Waals surface area contributed by atoms with Gasteiger partial charge in [-0.3, -0.25) is 9.80 Å². The quantitative estimate of drug-likeness (QED) is 0.163. The Balaban J connectivity index is 1.39. The van der Waals surface area contributed by atoms with Crippen molar-refractivity contribution in [2.24, 2.45) is 0 Å². The molecule has 0 spiro atoms. The molecule has 2 heterocycles. The number of nitrogens with one attached hydrogen (secondary N) is 1. The molecule has 6 rings (SSSR count). The molecule has 5 aromatic rings. The number of carbonyl (C=O) groups is 1. The van der Waals surface area contributed by atoms with E-state index in [1.807, 2.05) is 66.7 Å². The van der Waals surface area contributed by atoms with E-state index in [4.69, 9.17) is 14.1 Å². The monoisotopic (exact) mass is 643 g/mol. The molecule has 1 atom stereocenters. The number of hydrogen-bond donors (Lipinski definition) is 1. The number of ether oxygens (including phenoxy) is 1. The van der Waals surface area contributed by atoms with Crippen molar-refractivity contribution in [3.05, 3.63) is 127 Å². The number of para-hydroxylation sites is 1. The zero-order chi connectivity index (χ0) is 33.0. The molecule has 240 valence electrons. The molecule has 1 N–H and O–H groups in total. The van der Waals surface area contributed by atoms with Gasteiger partial charge in [0.05, 0.1) is 26.3 Å². The summed E-state index contributed by atoms with van der Waals surface area (Å²) in [7, 11) is -1.24. The zero-order valence-corrected chi connectivity index (χ0v) is 28.6. The average molecular weight is 644 g/mol. The van der Waals surface area contributed by atoms with E-state index in [2.05, 4.69) is 86.5 Å². The topological polar surface area (TPSA) is 79.8 Å². The highest BCUT2D eigenvalue weighted by atomic mass is 28.4. The number of urea groups is 1. The molecule has 9 heteroatoms. The van der Waals surface area contributed by atoms with Crippen molar-refractivity contribution in [3.8, 4) is 5.75 Å². The van der Waals surface area contributed by atoms with Crippen LogP contribution in [0.5, 0.6) is 5.75 Å². The lowest BCUT2D eigenvalue weighted by molar-refractivity contribution is 0.206. The smallest absolute Gasteiger partial charge is 0.330 e. The number of nitrogens with zero attached hydrogens (tertiary/aromatic N) is 4. The Hall–Kier alpha value is -4.99. The summed E-state index contributed by atoms with van der Waals surface area (Å²) in [4.78, 5) is 27.5. The first-order chi connectivity index (χ1) is 22.7. The Morgan fingerprint density at radius 2 is 1.43 bits per heavy atom. The maximum Gasteiger partial charge on any atom is 0.330 e. The number of benzene rings is 4. The van der Waals surface area contributed by atoms with Crippen molar-refractivity contribution < 1.29 is 14.0 Å². The summed E-state index contributed by atoms with van der Waals surface area (Å²) < 4.78 is 12.8. The van der Waals surface area contributed by atoms with Crippen LogP contribution in [0.1, 0.15) is 33.3 Å². The number of fused-ring (bicyclic) bond motifs is 1. The molecule has 0 bridgehead atoms. The van der Waals surface area contributed by atoms with Gasteiger partial charge >= 0.3 is 6.03 Å². The molecule has 0 saturated heterocycles. The van der Waals surface area contributed by atoms with E-state index < -0.39 is 8.32 Å². The van der Waals surface area contributed by atoms with Crippen LogP contribution in [0.4, 0.5) is 27.9 Å². The minimum absolute atomic E-state index is 0.176. The van der Waals surface area contributed by atoms with E-state index in [1.54, 1.807) is 23.1 Å². The van der Waals surface area contributed by atoms with Crippen LogP contribution in [0.2, 0.25) is 5.04 Å². The Morgan fingerprint density at radius 1 is 0.851 bits per heavy atom. The Bertz CT molecular complexity index is 1760. The van der Waals surface area contributed by atoms with Gasteiger partial charge in [-0.2, -0.15) is 4.98 Å². The highest BCUT2D eigenvalue weighted by Crippen LogP contribution is 2.38. The molecule has 8 nitrogen and oxygen atoms in total. The number of hydrogen-bond acceptors (Lipinski definition) is 6. The van der Waals surface area contributed by atoms with Gasteiger partial charge in [-0.1, -0.05) is 99.6 Å². The molecule has 2 amide bonds. The van der Waals surface area contributed by atoms with Gasteiger partial charge in [0.2, 0.25) is 5.95 Å². The van der Waals surface area contributed by atoms with Gasteiger partial charge < -0.3 is 14.5 Å². The first kappa shape index (κ1) is 32.0. The fourth-order valence-electron chi connectivity index (χ4n) is 6.34. The van der Waals surface area contributed by atoms with E-state index in [-0.39, 0.29) is 17.2 Å². The summed E-state index contributed by atoms with van der Waals surface area (Å²) in [6.07, 6.45) is 1.46. The minimum atomic E-state index is -2.87. The number of methoxy groups -OCH3 is 1. The molecule has 1 aromatic heterocycles. The summed E-state index contributed by atoms with van der Waals surface area (Å²) in [6.45, 7) is 9.47. The second-order valence-electron chi connectivity index (χ2n) is 12.8. The zero-order valence-electron chi connectivity index (χ0n) is 27.6. The number of rotatable bonds is 10. The van der Waals surface area contributed by atoms with Crippen molar-refractivity contribution in [2.75, 3.05) is 28.8 Å². The van der Waals surface area contributed by atoms with Gasteiger partial charge in [-0.15, -0.1) is 0 Å². The van der Waals surface area contributed by atoms with Crippen LogP contribution in [-0.2, 0) is 11.0 Å². The van der Waals surface area contributed by atoms with Crippen molar-refractivity contribution in [1.82, 2.24) is 9.97 Å².